The van der Waals surface area contributed by atoms with Gasteiger partial charge < -0.3 is 56.0 Å². The number of nitrogens with zero attached hydrogens (tertiary/aromatic N) is 3. The first-order valence-corrected chi connectivity index (χ1v) is 25.7. The third-order valence-electron chi connectivity index (χ3n) is 13.9. The van der Waals surface area contributed by atoms with E-state index in [4.69, 9.17) is 4.74 Å². The van der Waals surface area contributed by atoms with E-state index in [1.54, 1.807) is 19.1 Å². The zero-order chi connectivity index (χ0) is 54.9. The number of nitrogens with one attached hydrogen (secondary N) is 6. The predicted molar refractivity (Wildman–Crippen MR) is 279 cm³/mol. The summed E-state index contributed by atoms with van der Waals surface area (Å²) in [6, 6.07) is 2.59. The van der Waals surface area contributed by atoms with Crippen molar-refractivity contribution >= 4 is 57.9 Å². The molecule has 0 radical (unpaired) electrons. The molecule has 0 aliphatic carbocycles. The molecule has 3 aromatic rings. The fourth-order valence-corrected chi connectivity index (χ4v) is 9.54. The maximum Gasteiger partial charge on any atom is 0.245 e. The summed E-state index contributed by atoms with van der Waals surface area (Å²) in [4.78, 5) is 105. The highest BCUT2D eigenvalue weighted by atomic mass is 16.8. The third-order valence-corrected chi connectivity index (χ3v) is 13.9. The third kappa shape index (κ3) is 14.7. The van der Waals surface area contributed by atoms with Crippen LogP contribution in [0.25, 0.3) is 10.9 Å². The number of phenolic OH excluding ortho intramolecular Hbond substituents is 1. The summed E-state index contributed by atoms with van der Waals surface area (Å²) in [5.41, 5.74) is 0.889. The number of likely N-dealkylation sites (N-methyl/N-ethyl adjacent to an activating group) is 2. The van der Waals surface area contributed by atoms with Crippen molar-refractivity contribution in [3.8, 4) is 5.75 Å². The number of amides is 7. The summed E-state index contributed by atoms with van der Waals surface area (Å²) in [6.45, 7) is 19.1. The van der Waals surface area contributed by atoms with Crippen molar-refractivity contribution in [1.29, 1.82) is 0 Å². The Morgan fingerprint density at radius 2 is 1.26 bits per heavy atom. The topological polar surface area (TPSA) is 272 Å². The van der Waals surface area contributed by atoms with Crippen LogP contribution in [-0.4, -0.2) is 135 Å². The second-order valence-electron chi connectivity index (χ2n) is 21.7. The maximum atomic E-state index is 15.3. The molecule has 406 valence electrons. The van der Waals surface area contributed by atoms with Crippen LogP contribution in [0.15, 0.2) is 60.8 Å². The summed E-state index contributed by atoms with van der Waals surface area (Å²) in [5, 5.41) is 45.8. The quantitative estimate of drug-likeness (QED) is 0.0475. The van der Waals surface area contributed by atoms with Gasteiger partial charge in [-0.1, -0.05) is 78.0 Å². The molecule has 8 N–H and O–H groups in total. The molecule has 0 bridgehead atoms. The van der Waals surface area contributed by atoms with Gasteiger partial charge in [0.05, 0.1) is 12.1 Å². The number of carbonyl (C=O) groups is 7. The lowest BCUT2D eigenvalue weighted by atomic mass is 9.98. The minimum absolute atomic E-state index is 0.0168. The van der Waals surface area contributed by atoms with Crippen LogP contribution in [0, 0.1) is 23.0 Å². The van der Waals surface area contributed by atoms with Gasteiger partial charge in [0.15, 0.2) is 5.75 Å². The molecule has 2 aliphatic heterocycles. The number of fused-ring (bicyclic) bond motifs is 1. The molecule has 20 nitrogen and oxygen atoms in total. The minimum Gasteiger partial charge on any atom is -0.595 e. The molecule has 1 aromatic heterocycles. The largest absolute Gasteiger partial charge is 0.595 e. The van der Waals surface area contributed by atoms with Gasteiger partial charge in [-0.25, -0.2) is 5.21 Å². The summed E-state index contributed by atoms with van der Waals surface area (Å²) in [5.74, 6) is -5.86. The molecule has 7 amide bonds. The van der Waals surface area contributed by atoms with Gasteiger partial charge in [-0.3, -0.25) is 33.6 Å². The highest BCUT2D eigenvalue weighted by Gasteiger charge is 2.43. The van der Waals surface area contributed by atoms with Gasteiger partial charge in [0, 0.05) is 50.1 Å². The van der Waals surface area contributed by atoms with E-state index in [9.17, 15) is 44.3 Å². The average Bonchev–Trinajstić information content (AvgIpc) is 4.14. The number of quaternary nitrogens is 1. The molecule has 2 aliphatic rings. The van der Waals surface area contributed by atoms with E-state index in [0.29, 0.717) is 12.2 Å². The zero-order valence-electron chi connectivity index (χ0n) is 45.0. The number of carbonyl (C=O) groups excluding carboxylic acids is 7. The Morgan fingerprint density at radius 3 is 1.82 bits per heavy atom. The SMILES string of the molecule is C/C=C/C[C@@H]1NC(=O)[C@H](CC(C)C)NC(=O)[C@H](CC(C)C)N(C)C(=O)[C@H](C)NC(=O)[C@H](Cc2ccc(O)c([NH+]([O-])O)c2)NC(=O)[C@H](CC(C)C)N(C)C(=O)[C@H](Cc2cn(C(C)(C)C3CO3)c3ccccc23)NC1=O. The van der Waals surface area contributed by atoms with Gasteiger partial charge in [-0.15, -0.1) is 0 Å². The fourth-order valence-electron chi connectivity index (χ4n) is 9.54. The van der Waals surface area contributed by atoms with Crippen LogP contribution in [0.4, 0.5) is 5.69 Å². The fraction of sp³-hybridized carbons (Fsp3) is 0.574. The van der Waals surface area contributed by atoms with Gasteiger partial charge in [0.1, 0.15) is 48.4 Å². The van der Waals surface area contributed by atoms with Crippen molar-refractivity contribution in [2.75, 3.05) is 20.7 Å². The van der Waals surface area contributed by atoms with Crippen LogP contribution >= 0.6 is 0 Å². The van der Waals surface area contributed by atoms with Crippen molar-refractivity contribution in [1.82, 2.24) is 41.0 Å². The molecule has 0 spiro atoms. The van der Waals surface area contributed by atoms with Gasteiger partial charge in [-0.05, 0) is 94.4 Å². The first-order valence-electron chi connectivity index (χ1n) is 25.7. The number of allylic oxidation sites excluding steroid dienone is 1. The first kappa shape index (κ1) is 58.5. The highest BCUT2D eigenvalue weighted by Crippen LogP contribution is 2.36. The van der Waals surface area contributed by atoms with Gasteiger partial charge >= 0.3 is 0 Å². The van der Waals surface area contributed by atoms with Crippen LogP contribution < -0.4 is 31.8 Å². The van der Waals surface area contributed by atoms with Crippen molar-refractivity contribution in [2.24, 2.45) is 17.8 Å². The van der Waals surface area contributed by atoms with Crippen LogP contribution in [-0.2, 0) is 56.7 Å². The van der Waals surface area contributed by atoms with Crippen LogP contribution in [0.1, 0.15) is 106 Å². The van der Waals surface area contributed by atoms with E-state index in [-0.39, 0.29) is 67.9 Å². The summed E-state index contributed by atoms with van der Waals surface area (Å²) in [7, 11) is 2.86. The minimum atomic E-state index is -1.47. The lowest BCUT2D eigenvalue weighted by Gasteiger charge is -2.33. The Hall–Kier alpha value is -6.35. The second kappa shape index (κ2) is 25.3. The number of phenols is 1. The molecule has 2 saturated heterocycles. The van der Waals surface area contributed by atoms with E-state index in [2.05, 4.69) is 45.0 Å². The Balaban J connectivity index is 1.68. The second-order valence-corrected chi connectivity index (χ2v) is 21.7. The number of benzene rings is 2. The van der Waals surface area contributed by atoms with Crippen molar-refractivity contribution < 1.29 is 53.8 Å². The Labute approximate surface area is 434 Å². The van der Waals surface area contributed by atoms with E-state index < -0.39 is 106 Å². The Morgan fingerprint density at radius 1 is 0.730 bits per heavy atom. The number of hydrogen-bond acceptors (Lipinski definition) is 11. The lowest BCUT2D eigenvalue weighted by molar-refractivity contribution is -0.991. The monoisotopic (exact) mass is 1030 g/mol. The van der Waals surface area contributed by atoms with Gasteiger partial charge in [0.25, 0.3) is 0 Å². The lowest BCUT2D eigenvalue weighted by Crippen LogP contribution is -2.99. The predicted octanol–water partition coefficient (Wildman–Crippen LogP) is 2.89. The molecular formula is C54H79N9O11. The van der Waals surface area contributed by atoms with E-state index >= 15 is 4.79 Å². The summed E-state index contributed by atoms with van der Waals surface area (Å²) >= 11 is 0. The van der Waals surface area contributed by atoms with Crippen molar-refractivity contribution in [2.45, 2.75) is 162 Å². The molecule has 74 heavy (non-hydrogen) atoms. The maximum absolute atomic E-state index is 15.3. The first-order chi connectivity index (χ1) is 34.7. The number of hydrogen-bond donors (Lipinski definition) is 8. The summed E-state index contributed by atoms with van der Waals surface area (Å²) in [6.07, 6.45) is 5.40. The molecule has 5 rings (SSSR count). The molecule has 0 saturated carbocycles. The number of aromatic nitrogens is 1. The molecule has 9 atom stereocenters. The molecule has 2 unspecified atom stereocenters. The molecular weight excluding hydrogens is 951 g/mol. The van der Waals surface area contributed by atoms with Crippen LogP contribution in [0.2, 0.25) is 0 Å². The Kier molecular flexibility index (Phi) is 20.0. The highest BCUT2D eigenvalue weighted by molar-refractivity contribution is 5.99. The van der Waals surface area contributed by atoms with Crippen molar-refractivity contribution in [3.05, 3.63) is 77.1 Å². The van der Waals surface area contributed by atoms with Crippen LogP contribution in [0.3, 0.4) is 0 Å². The molecule has 2 fully saturated rings. The summed E-state index contributed by atoms with van der Waals surface area (Å²) < 4.78 is 7.86. The van der Waals surface area contributed by atoms with E-state index in [1.165, 1.54) is 43.0 Å². The smallest absolute Gasteiger partial charge is 0.245 e. The molecule has 2 aromatic carbocycles. The zero-order valence-corrected chi connectivity index (χ0v) is 45.0. The Bertz CT molecular complexity index is 2530. The van der Waals surface area contributed by atoms with E-state index in [1.807, 2.05) is 72.0 Å². The van der Waals surface area contributed by atoms with Gasteiger partial charge in [0.2, 0.25) is 47.0 Å². The number of aromatic hydroxyl groups is 1. The number of epoxide rings is 1. The average molecular weight is 1030 g/mol. The number of ether oxygens (including phenoxy) is 1. The van der Waals surface area contributed by atoms with Crippen LogP contribution in [0.5, 0.6) is 5.75 Å². The molecule has 3 heterocycles. The van der Waals surface area contributed by atoms with Crippen molar-refractivity contribution in [3.63, 3.8) is 0 Å². The standard InChI is InChI=1S/C54H79N9O11/c1-13-14-18-37-47(65)59-40(27-35-28-62(54(9,10)46-29-74-46)41-19-16-15-17-36(35)41)53(71)61(12)44(24-32(6)7)51(69)58-39(25-34-20-21-45(64)42(26-34)63(72)73)48(66)55-33(8)52(70)60(11)43(23-31(4)5)50(68)57-38(22-30(2)3)49(67)56-37/h13-17,19-21,26,28,30-33,37-40,43-44,46,63-64,72H,18,22-25,27,29H2,1-12H3,(H,55,66)(H,56,67)(H,57,68)(H,58,69)(H,59,65)/b14-13+/t33-,37-,38-,39-,40-,43-,44-,46?/m0/s1. The normalized spacial score (nSPS) is 25.0. The number of rotatable bonds is 15. The molecule has 20 heteroatoms. The number of para-hydroxylation sites is 1. The van der Waals surface area contributed by atoms with Gasteiger partial charge in [-0.2, -0.15) is 5.23 Å². The van der Waals surface area contributed by atoms with E-state index in [0.717, 1.165) is 17.0 Å².